The normalized spacial score (nSPS) is 10.5. The van der Waals surface area contributed by atoms with Gasteiger partial charge in [-0.3, -0.25) is 4.98 Å². The maximum absolute atomic E-state index is 14.5. The van der Waals surface area contributed by atoms with Crippen LogP contribution < -0.4 is 4.74 Å². The van der Waals surface area contributed by atoms with E-state index in [9.17, 15) is 13.2 Å². The maximum Gasteiger partial charge on any atom is 0.166 e. The predicted molar refractivity (Wildman–Crippen MR) is 106 cm³/mol. The Bertz CT molecular complexity index is 1270. The van der Waals surface area contributed by atoms with Crippen molar-refractivity contribution < 1.29 is 17.9 Å². The lowest BCUT2D eigenvalue weighted by Crippen LogP contribution is -1.90. The molecule has 0 saturated heterocycles. The predicted octanol–water partition coefficient (Wildman–Crippen LogP) is 5.73. The largest absolute Gasteiger partial charge is 0.495 e. The van der Waals surface area contributed by atoms with Gasteiger partial charge >= 0.3 is 0 Å². The van der Waals surface area contributed by atoms with E-state index in [4.69, 9.17) is 4.74 Å². The van der Waals surface area contributed by atoms with Crippen molar-refractivity contribution in [2.75, 3.05) is 7.11 Å². The molecule has 0 aliphatic carbocycles. The van der Waals surface area contributed by atoms with Crippen LogP contribution in [0.4, 0.5) is 13.2 Å². The summed E-state index contributed by atoms with van der Waals surface area (Å²) in [6, 6.07) is 15.4. The molecule has 2 nitrogen and oxygen atoms in total. The fourth-order valence-corrected chi connectivity index (χ4v) is 2.93. The lowest BCUT2D eigenvalue weighted by molar-refractivity contribution is 0.413. The van der Waals surface area contributed by atoms with Crippen LogP contribution in [0.5, 0.6) is 5.75 Å². The van der Waals surface area contributed by atoms with Crippen molar-refractivity contribution in [3.05, 3.63) is 95.4 Å². The minimum absolute atomic E-state index is 0.179. The van der Waals surface area contributed by atoms with E-state index in [0.29, 0.717) is 28.0 Å². The van der Waals surface area contributed by atoms with Gasteiger partial charge in [0, 0.05) is 16.5 Å². The molecule has 0 unspecified atom stereocenters. The molecule has 4 rings (SSSR count). The second-order valence-corrected chi connectivity index (χ2v) is 6.33. The summed E-state index contributed by atoms with van der Waals surface area (Å²) < 4.78 is 46.6. The maximum atomic E-state index is 14.5. The van der Waals surface area contributed by atoms with Crippen LogP contribution in [0, 0.1) is 29.3 Å². The molecule has 1 heterocycles. The molecule has 0 aliphatic rings. The van der Waals surface area contributed by atoms with E-state index in [0.717, 1.165) is 6.07 Å². The first-order valence-corrected chi connectivity index (χ1v) is 8.75. The van der Waals surface area contributed by atoms with Crippen LogP contribution in [0.2, 0.25) is 0 Å². The second kappa shape index (κ2) is 7.69. The number of ether oxygens (including phenoxy) is 1. The van der Waals surface area contributed by atoms with Crippen LogP contribution in [0.1, 0.15) is 11.1 Å². The number of halogens is 3. The number of benzene rings is 3. The Hall–Kier alpha value is -3.78. The SMILES string of the molecule is COc1ccc(-c2ccc(C#Cc3ccc4c(F)c(F)ccc4c3)c(F)c2)nc1. The standard InChI is InChI=1S/C24H14F3NO/c1-29-19-8-11-23(28-14-19)18-6-5-16(22(26)13-18)4-2-15-3-9-20-17(12-15)7-10-21(25)24(20)27/h3,5-14H,1H3. The second-order valence-electron chi connectivity index (χ2n) is 6.33. The van der Waals surface area contributed by atoms with E-state index in [1.807, 2.05) is 0 Å². The number of pyridine rings is 1. The fraction of sp³-hybridized carbons (Fsp3) is 0.0417. The Morgan fingerprint density at radius 2 is 1.69 bits per heavy atom. The highest BCUT2D eigenvalue weighted by Crippen LogP contribution is 2.23. The fourth-order valence-electron chi connectivity index (χ4n) is 2.93. The first-order chi connectivity index (χ1) is 14.0. The van der Waals surface area contributed by atoms with E-state index >= 15 is 0 Å². The number of nitrogens with zero attached hydrogens (tertiary/aromatic N) is 1. The van der Waals surface area contributed by atoms with Gasteiger partial charge in [0.2, 0.25) is 0 Å². The molecule has 5 heteroatoms. The molecular weight excluding hydrogens is 375 g/mol. The molecule has 0 atom stereocenters. The summed E-state index contributed by atoms with van der Waals surface area (Å²) in [5.74, 6) is 4.01. The van der Waals surface area contributed by atoms with Crippen molar-refractivity contribution in [2.45, 2.75) is 0 Å². The van der Waals surface area contributed by atoms with Crippen molar-refractivity contribution in [3.63, 3.8) is 0 Å². The quantitative estimate of drug-likeness (QED) is 0.409. The lowest BCUT2D eigenvalue weighted by atomic mass is 10.1. The number of aromatic nitrogens is 1. The molecule has 0 saturated carbocycles. The third kappa shape index (κ3) is 3.78. The Kier molecular flexibility index (Phi) is 4.92. The molecule has 142 valence electrons. The van der Waals surface area contributed by atoms with Crippen LogP contribution in [0.3, 0.4) is 0 Å². The van der Waals surface area contributed by atoms with Crippen molar-refractivity contribution in [1.29, 1.82) is 0 Å². The highest BCUT2D eigenvalue weighted by molar-refractivity contribution is 5.84. The lowest BCUT2D eigenvalue weighted by Gasteiger charge is -2.04. The van der Waals surface area contributed by atoms with Gasteiger partial charge in [-0.15, -0.1) is 0 Å². The van der Waals surface area contributed by atoms with Gasteiger partial charge < -0.3 is 4.74 Å². The van der Waals surface area contributed by atoms with Crippen molar-refractivity contribution in [2.24, 2.45) is 0 Å². The summed E-state index contributed by atoms with van der Waals surface area (Å²) >= 11 is 0. The highest BCUT2D eigenvalue weighted by Gasteiger charge is 2.07. The molecule has 0 spiro atoms. The highest BCUT2D eigenvalue weighted by atomic mass is 19.2. The van der Waals surface area contributed by atoms with Crippen LogP contribution in [-0.4, -0.2) is 12.1 Å². The van der Waals surface area contributed by atoms with Gasteiger partial charge in [-0.2, -0.15) is 0 Å². The number of rotatable bonds is 2. The Morgan fingerprint density at radius 3 is 2.41 bits per heavy atom. The Balaban J connectivity index is 1.62. The molecule has 29 heavy (non-hydrogen) atoms. The molecular formula is C24H14F3NO. The molecule has 0 radical (unpaired) electrons. The zero-order chi connectivity index (χ0) is 20.4. The minimum Gasteiger partial charge on any atom is -0.495 e. The summed E-state index contributed by atoms with van der Waals surface area (Å²) in [5.41, 5.74) is 2.04. The average molecular weight is 389 g/mol. The van der Waals surface area contributed by atoms with Gasteiger partial charge in [0.15, 0.2) is 11.6 Å². The molecule has 4 aromatic rings. The summed E-state index contributed by atoms with van der Waals surface area (Å²) in [5, 5.41) is 0.704. The number of fused-ring (bicyclic) bond motifs is 1. The van der Waals surface area contributed by atoms with E-state index in [1.54, 1.807) is 49.7 Å². The summed E-state index contributed by atoms with van der Waals surface area (Å²) in [6.07, 6.45) is 1.56. The summed E-state index contributed by atoms with van der Waals surface area (Å²) in [7, 11) is 1.55. The molecule has 0 aliphatic heterocycles. The third-order valence-corrected chi connectivity index (χ3v) is 4.49. The van der Waals surface area contributed by atoms with Crippen LogP contribution in [0.25, 0.3) is 22.0 Å². The third-order valence-electron chi connectivity index (χ3n) is 4.49. The number of hydrogen-bond donors (Lipinski definition) is 0. The van der Waals surface area contributed by atoms with Crippen LogP contribution >= 0.6 is 0 Å². The van der Waals surface area contributed by atoms with Crippen LogP contribution in [-0.2, 0) is 0 Å². The first-order valence-electron chi connectivity index (χ1n) is 8.75. The topological polar surface area (TPSA) is 22.1 Å². The van der Waals surface area contributed by atoms with Crippen molar-refractivity contribution in [3.8, 4) is 28.8 Å². The average Bonchev–Trinajstić information content (AvgIpc) is 2.75. The van der Waals surface area contributed by atoms with E-state index in [-0.39, 0.29) is 10.9 Å². The van der Waals surface area contributed by atoms with Crippen LogP contribution in [0.15, 0.2) is 66.9 Å². The van der Waals surface area contributed by atoms with Gasteiger partial charge in [-0.25, -0.2) is 13.2 Å². The van der Waals surface area contributed by atoms with Gasteiger partial charge in [-0.05, 0) is 47.9 Å². The molecule has 0 fully saturated rings. The van der Waals surface area contributed by atoms with E-state index in [1.165, 1.54) is 18.2 Å². The smallest absolute Gasteiger partial charge is 0.166 e. The van der Waals surface area contributed by atoms with Crippen molar-refractivity contribution >= 4 is 10.8 Å². The first kappa shape index (κ1) is 18.6. The van der Waals surface area contributed by atoms with Gasteiger partial charge in [0.05, 0.1) is 24.6 Å². The molecule has 0 bridgehead atoms. The molecule has 0 amide bonds. The molecule has 0 N–H and O–H groups in total. The zero-order valence-corrected chi connectivity index (χ0v) is 15.3. The van der Waals surface area contributed by atoms with Crippen molar-refractivity contribution in [1.82, 2.24) is 4.98 Å². The Morgan fingerprint density at radius 1 is 0.828 bits per heavy atom. The van der Waals surface area contributed by atoms with E-state index in [2.05, 4.69) is 16.8 Å². The monoisotopic (exact) mass is 389 g/mol. The molecule has 3 aromatic carbocycles. The molecule has 1 aromatic heterocycles. The number of methoxy groups -OCH3 is 1. The zero-order valence-electron chi connectivity index (χ0n) is 15.3. The number of hydrogen-bond acceptors (Lipinski definition) is 2. The summed E-state index contributed by atoms with van der Waals surface area (Å²) in [4.78, 5) is 4.24. The Labute approximate surface area is 165 Å². The van der Waals surface area contributed by atoms with E-state index < -0.39 is 17.5 Å². The minimum atomic E-state index is -0.898. The van der Waals surface area contributed by atoms with Gasteiger partial charge in [0.25, 0.3) is 0 Å². The summed E-state index contributed by atoms with van der Waals surface area (Å²) in [6.45, 7) is 0. The van der Waals surface area contributed by atoms with Gasteiger partial charge in [0.1, 0.15) is 11.6 Å². The van der Waals surface area contributed by atoms with Gasteiger partial charge in [-0.1, -0.05) is 30.0 Å².